The second-order valence-electron chi connectivity index (χ2n) is 4.25. The van der Waals surface area contributed by atoms with E-state index in [0.717, 1.165) is 22.2 Å². The van der Waals surface area contributed by atoms with E-state index in [9.17, 15) is 0 Å². The van der Waals surface area contributed by atoms with E-state index in [1.54, 1.807) is 11.8 Å². The third kappa shape index (κ3) is 4.23. The van der Waals surface area contributed by atoms with Crippen LogP contribution in [0, 0.1) is 0 Å². The molecule has 0 amide bonds. The van der Waals surface area contributed by atoms with Gasteiger partial charge in [0.25, 0.3) is 0 Å². The van der Waals surface area contributed by atoms with Crippen LogP contribution in [0.5, 0.6) is 0 Å². The van der Waals surface area contributed by atoms with Crippen LogP contribution in [-0.4, -0.2) is 11.5 Å². The van der Waals surface area contributed by atoms with Gasteiger partial charge in [-0.25, -0.2) is 0 Å². The highest BCUT2D eigenvalue weighted by atomic mass is 35.5. The molecule has 0 aliphatic carbocycles. The highest BCUT2D eigenvalue weighted by Crippen LogP contribution is 2.28. The number of nitrogens with one attached hydrogen (secondary N) is 1. The molecule has 0 bridgehead atoms. The minimum Gasteiger partial charge on any atom is -0.309 e. The Morgan fingerprint density at radius 2 is 1.84 bits per heavy atom. The van der Waals surface area contributed by atoms with E-state index in [1.807, 2.05) is 30.5 Å². The molecule has 2 rings (SSSR count). The van der Waals surface area contributed by atoms with Gasteiger partial charge in [-0.2, -0.15) is 0 Å². The van der Waals surface area contributed by atoms with Crippen molar-refractivity contribution in [2.45, 2.75) is 29.7 Å². The summed E-state index contributed by atoms with van der Waals surface area (Å²) < 4.78 is 0. The van der Waals surface area contributed by atoms with Gasteiger partial charge in [-0.15, -0.1) is 0 Å². The van der Waals surface area contributed by atoms with Crippen molar-refractivity contribution in [3.05, 3.63) is 53.3 Å². The zero-order valence-corrected chi connectivity index (χ0v) is 12.6. The fourth-order valence-corrected chi connectivity index (χ4v) is 2.67. The number of halogens is 1. The molecule has 0 saturated heterocycles. The molecule has 2 nitrogen and oxygen atoms in total. The lowest BCUT2D eigenvalue weighted by Crippen LogP contribution is -2.18. The molecule has 0 radical (unpaired) electrons. The molecule has 0 fully saturated rings. The van der Waals surface area contributed by atoms with Crippen LogP contribution in [0.25, 0.3) is 0 Å². The van der Waals surface area contributed by atoms with Crippen molar-refractivity contribution in [1.29, 1.82) is 0 Å². The van der Waals surface area contributed by atoms with E-state index in [-0.39, 0.29) is 0 Å². The maximum Gasteiger partial charge on any atom is 0.0571 e. The Bertz CT molecular complexity index is 511. The summed E-state index contributed by atoms with van der Waals surface area (Å²) in [5.74, 6) is 0. The summed E-state index contributed by atoms with van der Waals surface area (Å²) in [7, 11) is 0. The Kier molecular flexibility index (Phi) is 5.25. The first-order valence-corrected chi connectivity index (χ1v) is 7.51. The van der Waals surface area contributed by atoms with Gasteiger partial charge in [-0.1, -0.05) is 30.3 Å². The summed E-state index contributed by atoms with van der Waals surface area (Å²) in [4.78, 5) is 6.80. The summed E-state index contributed by atoms with van der Waals surface area (Å²) in [5, 5.41) is 4.11. The summed E-state index contributed by atoms with van der Waals surface area (Å²) in [6, 6.07) is 12.3. The SMILES string of the molecule is CCNC(C)c1ccc(Sc2ccc(Cl)cc2)cn1. The summed E-state index contributed by atoms with van der Waals surface area (Å²) in [6.07, 6.45) is 1.92. The third-order valence-electron chi connectivity index (χ3n) is 2.76. The molecule has 1 aromatic carbocycles. The van der Waals surface area contributed by atoms with Crippen LogP contribution >= 0.6 is 23.4 Å². The lowest BCUT2D eigenvalue weighted by atomic mass is 10.2. The Labute approximate surface area is 123 Å². The van der Waals surface area contributed by atoms with Gasteiger partial charge in [0.1, 0.15) is 0 Å². The Hall–Kier alpha value is -1.03. The number of hydrogen-bond acceptors (Lipinski definition) is 3. The average Bonchev–Trinajstić information content (AvgIpc) is 2.42. The molecule has 100 valence electrons. The molecule has 1 atom stereocenters. The molecule has 0 aliphatic rings. The van der Waals surface area contributed by atoms with Crippen molar-refractivity contribution >= 4 is 23.4 Å². The topological polar surface area (TPSA) is 24.9 Å². The molecule has 1 N–H and O–H groups in total. The largest absolute Gasteiger partial charge is 0.309 e. The predicted molar refractivity (Wildman–Crippen MR) is 81.9 cm³/mol. The van der Waals surface area contributed by atoms with Gasteiger partial charge in [0, 0.05) is 27.1 Å². The zero-order chi connectivity index (χ0) is 13.7. The van der Waals surface area contributed by atoms with Crippen LogP contribution < -0.4 is 5.32 Å². The zero-order valence-electron chi connectivity index (χ0n) is 11.1. The minimum absolute atomic E-state index is 0.291. The van der Waals surface area contributed by atoms with Crippen molar-refractivity contribution in [2.24, 2.45) is 0 Å². The Morgan fingerprint density at radius 1 is 1.16 bits per heavy atom. The number of benzene rings is 1. The van der Waals surface area contributed by atoms with Crippen LogP contribution in [0.2, 0.25) is 5.02 Å². The molecule has 0 spiro atoms. The standard InChI is InChI=1S/C15H17ClN2S/c1-3-17-11(2)15-9-8-14(10-18-15)19-13-6-4-12(16)5-7-13/h4-11,17H,3H2,1-2H3. The van der Waals surface area contributed by atoms with E-state index >= 15 is 0 Å². The molecule has 1 unspecified atom stereocenters. The van der Waals surface area contributed by atoms with Crippen molar-refractivity contribution in [2.75, 3.05) is 6.54 Å². The molecule has 19 heavy (non-hydrogen) atoms. The number of pyridine rings is 1. The number of aromatic nitrogens is 1. The first-order valence-electron chi connectivity index (χ1n) is 6.32. The summed E-state index contributed by atoms with van der Waals surface area (Å²) in [5.41, 5.74) is 1.07. The molecule has 1 aromatic heterocycles. The van der Waals surface area contributed by atoms with E-state index < -0.39 is 0 Å². The molecule has 2 aromatic rings. The van der Waals surface area contributed by atoms with Crippen molar-refractivity contribution in [1.82, 2.24) is 10.3 Å². The molecule has 1 heterocycles. The quantitative estimate of drug-likeness (QED) is 0.874. The maximum absolute atomic E-state index is 5.87. The number of rotatable bonds is 5. The van der Waals surface area contributed by atoms with Crippen LogP contribution in [0.4, 0.5) is 0 Å². The molecule has 0 aliphatic heterocycles. The van der Waals surface area contributed by atoms with Gasteiger partial charge in [0.15, 0.2) is 0 Å². The van der Waals surface area contributed by atoms with Gasteiger partial charge >= 0.3 is 0 Å². The van der Waals surface area contributed by atoms with Crippen molar-refractivity contribution in [3.63, 3.8) is 0 Å². The van der Waals surface area contributed by atoms with E-state index in [4.69, 9.17) is 11.6 Å². The summed E-state index contributed by atoms with van der Waals surface area (Å²) in [6.45, 7) is 5.17. The first kappa shape index (κ1) is 14.4. The second kappa shape index (κ2) is 6.94. The number of hydrogen-bond donors (Lipinski definition) is 1. The van der Waals surface area contributed by atoms with Crippen LogP contribution in [0.3, 0.4) is 0 Å². The Balaban J connectivity index is 2.04. The summed E-state index contributed by atoms with van der Waals surface area (Å²) >= 11 is 7.56. The van der Waals surface area contributed by atoms with Crippen LogP contribution in [0.1, 0.15) is 25.6 Å². The lowest BCUT2D eigenvalue weighted by Gasteiger charge is -2.11. The van der Waals surface area contributed by atoms with Gasteiger partial charge < -0.3 is 5.32 Å². The van der Waals surface area contributed by atoms with Gasteiger partial charge in [0.05, 0.1) is 5.69 Å². The van der Waals surface area contributed by atoms with Crippen molar-refractivity contribution < 1.29 is 0 Å². The fraction of sp³-hybridized carbons (Fsp3) is 0.267. The molecular weight excluding hydrogens is 276 g/mol. The van der Waals surface area contributed by atoms with Gasteiger partial charge in [-0.05, 0) is 49.9 Å². The van der Waals surface area contributed by atoms with E-state index in [2.05, 4.69) is 36.3 Å². The average molecular weight is 293 g/mol. The molecule has 0 saturated carbocycles. The first-order chi connectivity index (χ1) is 9.19. The number of nitrogens with zero attached hydrogens (tertiary/aromatic N) is 1. The Morgan fingerprint density at radius 3 is 2.42 bits per heavy atom. The monoisotopic (exact) mass is 292 g/mol. The van der Waals surface area contributed by atoms with Crippen molar-refractivity contribution in [3.8, 4) is 0 Å². The molecular formula is C15H17ClN2S. The van der Waals surface area contributed by atoms with E-state index in [0.29, 0.717) is 6.04 Å². The minimum atomic E-state index is 0.291. The van der Waals surface area contributed by atoms with Gasteiger partial charge in [-0.3, -0.25) is 4.98 Å². The second-order valence-corrected chi connectivity index (χ2v) is 5.84. The highest BCUT2D eigenvalue weighted by molar-refractivity contribution is 7.99. The molecule has 4 heteroatoms. The van der Waals surface area contributed by atoms with Crippen LogP contribution in [0.15, 0.2) is 52.4 Å². The highest BCUT2D eigenvalue weighted by Gasteiger charge is 2.05. The smallest absolute Gasteiger partial charge is 0.0571 e. The maximum atomic E-state index is 5.87. The normalized spacial score (nSPS) is 12.4. The lowest BCUT2D eigenvalue weighted by molar-refractivity contribution is 0.582. The van der Waals surface area contributed by atoms with Gasteiger partial charge in [0.2, 0.25) is 0 Å². The fourth-order valence-electron chi connectivity index (χ4n) is 1.76. The van der Waals surface area contributed by atoms with Crippen LogP contribution in [-0.2, 0) is 0 Å². The third-order valence-corrected chi connectivity index (χ3v) is 4.00. The van der Waals surface area contributed by atoms with E-state index in [1.165, 1.54) is 4.90 Å². The predicted octanol–water partition coefficient (Wildman–Crippen LogP) is 4.56.